The first kappa shape index (κ1) is 21.3. The normalized spacial score (nSPS) is 16.5. The summed E-state index contributed by atoms with van der Waals surface area (Å²) in [6.07, 6.45) is 2.88. The quantitative estimate of drug-likeness (QED) is 0.452. The van der Waals surface area contributed by atoms with E-state index in [0.717, 1.165) is 10.9 Å². The molecule has 3 aromatic heterocycles. The molecule has 4 heterocycles. The molecule has 9 nitrogen and oxygen atoms in total. The van der Waals surface area contributed by atoms with Gasteiger partial charge in [-0.1, -0.05) is 16.8 Å². The number of hydrogen-bond acceptors (Lipinski definition) is 7. The van der Waals surface area contributed by atoms with E-state index in [9.17, 15) is 9.18 Å². The zero-order valence-electron chi connectivity index (χ0n) is 18.1. The van der Waals surface area contributed by atoms with Crippen molar-refractivity contribution in [2.75, 3.05) is 24.5 Å². The monoisotopic (exact) mass is 469 g/mol. The van der Waals surface area contributed by atoms with E-state index in [2.05, 4.69) is 20.2 Å². The highest BCUT2D eigenvalue weighted by molar-refractivity contribution is 6.31. The fraction of sp³-hybridized carbons (Fsp3) is 0.318. The van der Waals surface area contributed by atoms with E-state index in [1.165, 1.54) is 12.5 Å². The number of pyridine rings is 1. The molecule has 5 rings (SSSR count). The molecule has 0 radical (unpaired) electrons. The third-order valence-corrected chi connectivity index (χ3v) is 6.29. The van der Waals surface area contributed by atoms with E-state index in [1.807, 2.05) is 24.8 Å². The predicted octanol–water partition coefficient (Wildman–Crippen LogP) is 3.32. The average Bonchev–Trinajstić information content (AvgIpc) is 3.45. The first-order valence-electron chi connectivity index (χ1n) is 10.5. The molecule has 0 unspecified atom stereocenters. The molecule has 1 aliphatic rings. The van der Waals surface area contributed by atoms with Crippen molar-refractivity contribution >= 4 is 34.2 Å². The topological polar surface area (TPSA) is 93.2 Å². The third-order valence-electron chi connectivity index (χ3n) is 5.88. The van der Waals surface area contributed by atoms with Crippen LogP contribution >= 0.6 is 11.6 Å². The number of piperazine rings is 1. The molecule has 33 heavy (non-hydrogen) atoms. The molecule has 1 saturated heterocycles. The number of amides is 1. The van der Waals surface area contributed by atoms with Crippen LogP contribution in [0.3, 0.4) is 0 Å². The van der Waals surface area contributed by atoms with Gasteiger partial charge >= 0.3 is 0 Å². The Kier molecular flexibility index (Phi) is 5.45. The molecule has 1 amide bonds. The first-order chi connectivity index (χ1) is 15.9. The minimum absolute atomic E-state index is 0.0180. The molecule has 170 valence electrons. The van der Waals surface area contributed by atoms with Gasteiger partial charge in [0.2, 0.25) is 18.1 Å². The van der Waals surface area contributed by atoms with Gasteiger partial charge in [-0.3, -0.25) is 4.79 Å². The van der Waals surface area contributed by atoms with Gasteiger partial charge in [0.1, 0.15) is 18.1 Å². The number of halogens is 2. The van der Waals surface area contributed by atoms with Gasteiger partial charge < -0.3 is 14.3 Å². The third kappa shape index (κ3) is 3.91. The molecule has 0 spiro atoms. The molecular formula is C22H21ClFN7O2. The van der Waals surface area contributed by atoms with Crippen molar-refractivity contribution in [3.63, 3.8) is 0 Å². The van der Waals surface area contributed by atoms with Crippen molar-refractivity contribution in [1.29, 1.82) is 0 Å². The molecule has 4 aromatic rings. The lowest BCUT2D eigenvalue weighted by molar-refractivity contribution is -0.134. The number of carbonyl (C=O) groups excluding carboxylic acids is 1. The van der Waals surface area contributed by atoms with Crippen molar-refractivity contribution in [2.24, 2.45) is 0 Å². The van der Waals surface area contributed by atoms with Crippen LogP contribution in [-0.2, 0) is 11.3 Å². The summed E-state index contributed by atoms with van der Waals surface area (Å²) in [4.78, 5) is 25.4. The number of hydrogen-bond donors (Lipinski definition) is 0. The van der Waals surface area contributed by atoms with Crippen LogP contribution in [0.2, 0.25) is 5.02 Å². The molecule has 0 aliphatic carbocycles. The lowest BCUT2D eigenvalue weighted by Gasteiger charge is -2.41. The van der Waals surface area contributed by atoms with Crippen LogP contribution < -0.4 is 4.90 Å². The van der Waals surface area contributed by atoms with Crippen molar-refractivity contribution in [3.05, 3.63) is 53.3 Å². The van der Waals surface area contributed by atoms with Gasteiger partial charge in [0, 0.05) is 36.9 Å². The zero-order chi connectivity index (χ0) is 23.1. The molecule has 0 saturated carbocycles. The molecular weight excluding hydrogens is 449 g/mol. The van der Waals surface area contributed by atoms with Crippen molar-refractivity contribution in [3.8, 4) is 11.5 Å². The van der Waals surface area contributed by atoms with E-state index >= 15 is 0 Å². The lowest BCUT2D eigenvalue weighted by atomic mass is 10.1. The standard InChI is InChI=1S/C22H21ClFN7O2/c1-13-8-18(17(24)9-16(13)23)29-6-7-30(14(2)10-29)19(32)11-31-22-15(4-3-5-25-22)20(27-31)21-26-12-33-28-21/h3-5,8-9,12,14H,6-7,10-11H2,1-2H3/t14-/m0/s1. The summed E-state index contributed by atoms with van der Waals surface area (Å²) in [5, 5.41) is 9.53. The van der Waals surface area contributed by atoms with Gasteiger partial charge in [0.25, 0.3) is 0 Å². The van der Waals surface area contributed by atoms with Crippen molar-refractivity contribution < 1.29 is 13.7 Å². The van der Waals surface area contributed by atoms with Gasteiger partial charge in [-0.05, 0) is 43.7 Å². The molecule has 1 aromatic carbocycles. The maximum atomic E-state index is 14.5. The number of carbonyl (C=O) groups is 1. The molecule has 1 fully saturated rings. The highest BCUT2D eigenvalue weighted by Crippen LogP contribution is 2.29. The predicted molar refractivity (Wildman–Crippen MR) is 120 cm³/mol. The molecule has 11 heteroatoms. The minimum atomic E-state index is -0.361. The van der Waals surface area contributed by atoms with Crippen LogP contribution in [0.25, 0.3) is 22.6 Å². The summed E-state index contributed by atoms with van der Waals surface area (Å²) in [6.45, 7) is 5.31. The molecule has 1 atom stereocenters. The maximum Gasteiger partial charge on any atom is 0.244 e. The Morgan fingerprint density at radius 1 is 1.30 bits per heavy atom. The van der Waals surface area contributed by atoms with Crippen LogP contribution in [0, 0.1) is 12.7 Å². The largest absolute Gasteiger partial charge is 0.365 e. The number of rotatable bonds is 4. The number of aryl methyl sites for hydroxylation is 1. The highest BCUT2D eigenvalue weighted by Gasteiger charge is 2.30. The molecule has 0 bridgehead atoms. The zero-order valence-corrected chi connectivity index (χ0v) is 18.8. The number of benzene rings is 1. The van der Waals surface area contributed by atoms with Crippen molar-refractivity contribution in [1.82, 2.24) is 29.8 Å². The maximum absolute atomic E-state index is 14.5. The number of aromatic nitrogens is 5. The number of anilines is 1. The summed E-state index contributed by atoms with van der Waals surface area (Å²) < 4.78 is 20.9. The summed E-state index contributed by atoms with van der Waals surface area (Å²) in [7, 11) is 0. The summed E-state index contributed by atoms with van der Waals surface area (Å²) in [5.41, 5.74) is 2.39. The Balaban J connectivity index is 1.35. The Bertz CT molecular complexity index is 1320. The Labute approximate surface area is 193 Å². The van der Waals surface area contributed by atoms with E-state index in [0.29, 0.717) is 47.5 Å². The van der Waals surface area contributed by atoms with Gasteiger partial charge in [0.05, 0.1) is 11.1 Å². The Morgan fingerprint density at radius 3 is 2.91 bits per heavy atom. The van der Waals surface area contributed by atoms with E-state index in [4.69, 9.17) is 16.1 Å². The van der Waals surface area contributed by atoms with Crippen LogP contribution in [0.4, 0.5) is 10.1 Å². The Morgan fingerprint density at radius 2 is 2.15 bits per heavy atom. The summed E-state index contributed by atoms with van der Waals surface area (Å²) >= 11 is 6.03. The van der Waals surface area contributed by atoms with Crippen LogP contribution in [-0.4, -0.2) is 61.4 Å². The van der Waals surface area contributed by atoms with Gasteiger partial charge in [0.15, 0.2) is 5.65 Å². The second-order valence-corrected chi connectivity index (χ2v) is 8.48. The second kappa shape index (κ2) is 8.43. The minimum Gasteiger partial charge on any atom is -0.365 e. The van der Waals surface area contributed by atoms with E-state index in [-0.39, 0.29) is 24.3 Å². The Hall–Kier alpha value is -3.53. The fourth-order valence-electron chi connectivity index (χ4n) is 4.21. The van der Waals surface area contributed by atoms with Crippen LogP contribution in [0.5, 0.6) is 0 Å². The van der Waals surface area contributed by atoms with Gasteiger partial charge in [-0.25, -0.2) is 14.1 Å². The molecule has 1 aliphatic heterocycles. The number of fused-ring (bicyclic) bond motifs is 1. The molecule has 0 N–H and O–H groups in total. The first-order valence-corrected chi connectivity index (χ1v) is 10.9. The second-order valence-electron chi connectivity index (χ2n) is 8.07. The highest BCUT2D eigenvalue weighted by atomic mass is 35.5. The summed E-state index contributed by atoms with van der Waals surface area (Å²) in [5.74, 6) is -0.119. The number of nitrogens with zero attached hydrogens (tertiary/aromatic N) is 7. The van der Waals surface area contributed by atoms with Crippen LogP contribution in [0.15, 0.2) is 41.4 Å². The van der Waals surface area contributed by atoms with Crippen molar-refractivity contribution in [2.45, 2.75) is 26.4 Å². The smallest absolute Gasteiger partial charge is 0.244 e. The SMILES string of the molecule is Cc1cc(N2CCN(C(=O)Cn3nc(-c4ncon4)c4cccnc43)[C@@H](C)C2)c(F)cc1Cl. The van der Waals surface area contributed by atoms with Crippen LogP contribution in [0.1, 0.15) is 12.5 Å². The fourth-order valence-corrected chi connectivity index (χ4v) is 4.36. The van der Waals surface area contributed by atoms with Gasteiger partial charge in [-0.15, -0.1) is 0 Å². The van der Waals surface area contributed by atoms with E-state index in [1.54, 1.807) is 27.9 Å². The summed E-state index contributed by atoms with van der Waals surface area (Å²) in [6, 6.07) is 6.62. The van der Waals surface area contributed by atoms with Gasteiger partial charge in [-0.2, -0.15) is 10.1 Å². The lowest BCUT2D eigenvalue weighted by Crippen LogP contribution is -2.55. The average molecular weight is 470 g/mol. The van der Waals surface area contributed by atoms with E-state index < -0.39 is 0 Å².